The van der Waals surface area contributed by atoms with Crippen molar-refractivity contribution in [3.63, 3.8) is 0 Å². The molecular formula is C10H20N2O2. The van der Waals surface area contributed by atoms with Crippen LogP contribution in [0.1, 0.15) is 13.8 Å². The number of likely N-dealkylation sites (tertiary alicyclic amines) is 1. The van der Waals surface area contributed by atoms with Crippen LogP contribution in [0.4, 0.5) is 0 Å². The number of esters is 1. The van der Waals surface area contributed by atoms with Crippen LogP contribution in [0.2, 0.25) is 0 Å². The first-order chi connectivity index (χ1) is 6.42. The second kappa shape index (κ2) is 3.87. The van der Waals surface area contributed by atoms with E-state index in [-0.39, 0.29) is 17.8 Å². The van der Waals surface area contributed by atoms with Crippen molar-refractivity contribution in [2.24, 2.45) is 17.6 Å². The molecule has 2 unspecified atom stereocenters. The smallest absolute Gasteiger partial charge is 0.326 e. The summed E-state index contributed by atoms with van der Waals surface area (Å²) in [5.74, 6) is -0.0296. The van der Waals surface area contributed by atoms with Gasteiger partial charge >= 0.3 is 5.97 Å². The lowest BCUT2D eigenvalue weighted by molar-refractivity contribution is -0.154. The highest BCUT2D eigenvalue weighted by Gasteiger charge is 2.48. The van der Waals surface area contributed by atoms with Gasteiger partial charge in [-0.15, -0.1) is 0 Å². The predicted molar refractivity (Wildman–Crippen MR) is 54.8 cm³/mol. The fraction of sp³-hybridized carbons (Fsp3) is 0.900. The number of methoxy groups -OCH3 is 1. The molecule has 0 radical (unpaired) electrons. The van der Waals surface area contributed by atoms with Gasteiger partial charge in [0.25, 0.3) is 0 Å². The fourth-order valence-corrected chi connectivity index (χ4v) is 2.38. The third-order valence-electron chi connectivity index (χ3n) is 3.34. The lowest BCUT2D eigenvalue weighted by Gasteiger charge is -2.45. The van der Waals surface area contributed by atoms with Crippen molar-refractivity contribution < 1.29 is 9.53 Å². The molecule has 0 aromatic rings. The van der Waals surface area contributed by atoms with E-state index >= 15 is 0 Å². The van der Waals surface area contributed by atoms with Gasteiger partial charge in [-0.05, 0) is 18.9 Å². The highest BCUT2D eigenvalue weighted by atomic mass is 16.5. The van der Waals surface area contributed by atoms with Gasteiger partial charge in [0.15, 0.2) is 0 Å². The summed E-state index contributed by atoms with van der Waals surface area (Å²) < 4.78 is 4.79. The molecule has 2 N–H and O–H groups in total. The van der Waals surface area contributed by atoms with Crippen LogP contribution < -0.4 is 5.73 Å². The number of hydrogen-bond acceptors (Lipinski definition) is 4. The number of nitrogens with zero attached hydrogens (tertiary/aromatic N) is 1. The van der Waals surface area contributed by atoms with Gasteiger partial charge in [-0.1, -0.05) is 13.8 Å². The van der Waals surface area contributed by atoms with Crippen LogP contribution in [0, 0.1) is 11.8 Å². The molecule has 0 aromatic carbocycles. The van der Waals surface area contributed by atoms with Gasteiger partial charge in [-0.25, -0.2) is 0 Å². The van der Waals surface area contributed by atoms with E-state index in [1.807, 2.05) is 20.9 Å². The standard InChI is InChI=1S/C10H20N2O2/c1-7-5-12(3)6-8(2)10(7,11)9(13)14-4/h7-8H,5-6,11H2,1-4H3. The Morgan fingerprint density at radius 2 is 1.86 bits per heavy atom. The molecule has 1 aliphatic heterocycles. The molecule has 0 spiro atoms. The Hall–Kier alpha value is -0.610. The zero-order valence-electron chi connectivity index (χ0n) is 9.41. The summed E-state index contributed by atoms with van der Waals surface area (Å²) in [6, 6.07) is 0. The van der Waals surface area contributed by atoms with Gasteiger partial charge < -0.3 is 15.4 Å². The van der Waals surface area contributed by atoms with Gasteiger partial charge in [0.05, 0.1) is 7.11 Å². The molecule has 1 saturated heterocycles. The summed E-state index contributed by atoms with van der Waals surface area (Å²) in [6.45, 7) is 5.69. The number of carbonyl (C=O) groups is 1. The van der Waals surface area contributed by atoms with E-state index in [0.29, 0.717) is 0 Å². The summed E-state index contributed by atoms with van der Waals surface area (Å²) in [4.78, 5) is 13.8. The molecule has 2 atom stereocenters. The first-order valence-electron chi connectivity index (χ1n) is 4.98. The van der Waals surface area contributed by atoms with Gasteiger partial charge in [0.1, 0.15) is 5.54 Å². The van der Waals surface area contributed by atoms with Crippen molar-refractivity contribution in [3.8, 4) is 0 Å². The third kappa shape index (κ3) is 1.64. The molecule has 0 saturated carbocycles. The summed E-state index contributed by atoms with van der Waals surface area (Å²) in [6.07, 6.45) is 0. The van der Waals surface area contributed by atoms with E-state index in [1.54, 1.807) is 0 Å². The molecule has 1 heterocycles. The van der Waals surface area contributed by atoms with Crippen LogP contribution in [-0.2, 0) is 9.53 Å². The molecule has 0 amide bonds. The fourth-order valence-electron chi connectivity index (χ4n) is 2.38. The van der Waals surface area contributed by atoms with Crippen LogP contribution >= 0.6 is 0 Å². The summed E-state index contributed by atoms with van der Waals surface area (Å²) in [7, 11) is 3.44. The Kier molecular flexibility index (Phi) is 3.17. The van der Waals surface area contributed by atoms with E-state index in [4.69, 9.17) is 10.5 Å². The van der Waals surface area contributed by atoms with E-state index in [0.717, 1.165) is 13.1 Å². The maximum absolute atomic E-state index is 11.7. The Balaban J connectivity index is 2.89. The second-order valence-corrected chi connectivity index (χ2v) is 4.45. The summed E-state index contributed by atoms with van der Waals surface area (Å²) >= 11 is 0. The van der Waals surface area contributed by atoms with Crippen LogP contribution in [0.3, 0.4) is 0 Å². The quantitative estimate of drug-likeness (QED) is 0.609. The molecule has 4 nitrogen and oxygen atoms in total. The predicted octanol–water partition coefficient (Wildman–Crippen LogP) is 0.0745. The highest BCUT2D eigenvalue weighted by molar-refractivity contribution is 5.81. The number of rotatable bonds is 1. The van der Waals surface area contributed by atoms with Crippen molar-refractivity contribution in [1.29, 1.82) is 0 Å². The molecule has 0 aromatic heterocycles. The largest absolute Gasteiger partial charge is 0.468 e. The Bertz CT molecular complexity index is 218. The van der Waals surface area contributed by atoms with Crippen molar-refractivity contribution >= 4 is 5.97 Å². The Morgan fingerprint density at radius 3 is 2.21 bits per heavy atom. The zero-order valence-corrected chi connectivity index (χ0v) is 9.41. The van der Waals surface area contributed by atoms with E-state index in [2.05, 4.69) is 4.90 Å². The van der Waals surface area contributed by atoms with Gasteiger partial charge in [0, 0.05) is 13.1 Å². The SMILES string of the molecule is COC(=O)C1(N)C(C)CN(C)CC1C. The van der Waals surface area contributed by atoms with Crippen molar-refractivity contribution in [2.45, 2.75) is 19.4 Å². The maximum atomic E-state index is 11.7. The normalized spacial score (nSPS) is 39.5. The van der Waals surface area contributed by atoms with Crippen LogP contribution in [0.15, 0.2) is 0 Å². The third-order valence-corrected chi connectivity index (χ3v) is 3.34. The lowest BCUT2D eigenvalue weighted by Crippen LogP contribution is -2.65. The number of hydrogen-bond donors (Lipinski definition) is 1. The van der Waals surface area contributed by atoms with Crippen molar-refractivity contribution in [3.05, 3.63) is 0 Å². The number of carbonyl (C=O) groups excluding carboxylic acids is 1. The van der Waals surface area contributed by atoms with E-state index in [1.165, 1.54) is 7.11 Å². The van der Waals surface area contributed by atoms with Gasteiger partial charge in [-0.2, -0.15) is 0 Å². The van der Waals surface area contributed by atoms with Crippen LogP contribution in [-0.4, -0.2) is 43.7 Å². The minimum absolute atomic E-state index is 0.128. The van der Waals surface area contributed by atoms with E-state index < -0.39 is 5.54 Å². The minimum Gasteiger partial charge on any atom is -0.468 e. The molecule has 1 aliphatic rings. The first-order valence-corrected chi connectivity index (χ1v) is 4.98. The average molecular weight is 200 g/mol. The molecule has 0 bridgehead atoms. The Morgan fingerprint density at radius 1 is 1.43 bits per heavy atom. The molecular weight excluding hydrogens is 180 g/mol. The van der Waals surface area contributed by atoms with Crippen LogP contribution in [0.25, 0.3) is 0 Å². The topological polar surface area (TPSA) is 55.6 Å². The number of nitrogens with two attached hydrogens (primary N) is 1. The summed E-state index contributed by atoms with van der Waals surface area (Å²) in [5.41, 5.74) is 5.34. The van der Waals surface area contributed by atoms with Crippen molar-refractivity contribution in [2.75, 3.05) is 27.2 Å². The average Bonchev–Trinajstić information content (AvgIpc) is 2.12. The molecule has 0 aliphatic carbocycles. The molecule has 1 rings (SSSR count). The summed E-state index contributed by atoms with van der Waals surface area (Å²) in [5, 5.41) is 0. The molecule has 1 fully saturated rings. The minimum atomic E-state index is -0.818. The zero-order chi connectivity index (χ0) is 10.9. The van der Waals surface area contributed by atoms with E-state index in [9.17, 15) is 4.79 Å². The molecule has 82 valence electrons. The number of ether oxygens (including phenoxy) is 1. The number of piperidine rings is 1. The van der Waals surface area contributed by atoms with Crippen molar-refractivity contribution in [1.82, 2.24) is 4.90 Å². The van der Waals surface area contributed by atoms with Gasteiger partial charge in [-0.3, -0.25) is 4.79 Å². The maximum Gasteiger partial charge on any atom is 0.326 e. The second-order valence-electron chi connectivity index (χ2n) is 4.45. The lowest BCUT2D eigenvalue weighted by atomic mass is 9.73. The first kappa shape index (κ1) is 11.5. The van der Waals surface area contributed by atoms with Gasteiger partial charge in [0.2, 0.25) is 0 Å². The Labute approximate surface area is 85.4 Å². The monoisotopic (exact) mass is 200 g/mol. The molecule has 14 heavy (non-hydrogen) atoms. The molecule has 4 heteroatoms. The van der Waals surface area contributed by atoms with Crippen LogP contribution in [0.5, 0.6) is 0 Å². The highest BCUT2D eigenvalue weighted by Crippen LogP contribution is 2.30.